The fourth-order valence-corrected chi connectivity index (χ4v) is 3.06. The molecule has 0 amide bonds. The second-order valence-corrected chi connectivity index (χ2v) is 6.96. The van der Waals surface area contributed by atoms with Crippen LogP contribution in [0.2, 0.25) is 0 Å². The van der Waals surface area contributed by atoms with Crippen molar-refractivity contribution in [3.8, 4) is 33.8 Å². The molecular weight excluding hydrogens is 461 g/mol. The van der Waals surface area contributed by atoms with Crippen LogP contribution in [0.5, 0.6) is 11.5 Å². The van der Waals surface area contributed by atoms with Gasteiger partial charge in [0, 0.05) is 6.08 Å². The van der Waals surface area contributed by atoms with E-state index in [1.54, 1.807) is 54.6 Å². The molecule has 8 heteroatoms. The summed E-state index contributed by atoms with van der Waals surface area (Å²) in [6.45, 7) is 3.26. The minimum atomic E-state index is -4.56. The fraction of sp³-hybridized carbons (Fsp3) is 0.0741. The Labute approximate surface area is 200 Å². The summed E-state index contributed by atoms with van der Waals surface area (Å²) < 4.78 is 61.7. The largest absolute Gasteiger partial charge is 0.501 e. The van der Waals surface area contributed by atoms with Crippen LogP contribution >= 0.6 is 0 Å². The number of hydrogen-bond acceptors (Lipinski definition) is 5. The van der Waals surface area contributed by atoms with Crippen LogP contribution in [0, 0.1) is 0 Å². The van der Waals surface area contributed by atoms with Crippen molar-refractivity contribution in [1.82, 2.24) is 0 Å². The van der Waals surface area contributed by atoms with Gasteiger partial charge in [-0.1, -0.05) is 43.0 Å². The summed E-state index contributed by atoms with van der Waals surface area (Å²) in [5.74, 6) is 0.242. The van der Waals surface area contributed by atoms with Gasteiger partial charge in [-0.2, -0.15) is 13.2 Å². The number of hydrogen-bond donors (Lipinski definition) is 0. The number of alkyl halides is 3. The summed E-state index contributed by atoms with van der Waals surface area (Å²) in [6, 6.07) is 16.9. The average Bonchev–Trinajstić information content (AvgIpc) is 2.86. The number of rotatable bonds is 9. The third-order valence-corrected chi connectivity index (χ3v) is 4.68. The Morgan fingerprint density at radius 1 is 0.771 bits per heavy atom. The molecule has 35 heavy (non-hydrogen) atoms. The van der Waals surface area contributed by atoms with Crippen molar-refractivity contribution < 1.29 is 36.9 Å². The number of benzene rings is 3. The van der Waals surface area contributed by atoms with Gasteiger partial charge in [-0.3, -0.25) is 0 Å². The van der Waals surface area contributed by atoms with Gasteiger partial charge in [0.05, 0.1) is 12.7 Å². The number of carbonyl (C=O) groups is 1. The Kier molecular flexibility index (Phi) is 8.34. The van der Waals surface area contributed by atoms with E-state index in [2.05, 4.69) is 11.3 Å². The highest BCUT2D eigenvalue weighted by Crippen LogP contribution is 2.40. The molecule has 3 aromatic carbocycles. The van der Waals surface area contributed by atoms with Crippen molar-refractivity contribution in [2.24, 2.45) is 0 Å². The molecule has 0 bridgehead atoms. The molecular formula is C27H21F3O5. The number of esters is 1. The van der Waals surface area contributed by atoms with Crippen LogP contribution in [0.25, 0.3) is 22.3 Å². The fourth-order valence-electron chi connectivity index (χ4n) is 3.06. The highest BCUT2D eigenvalue weighted by atomic mass is 19.4. The van der Waals surface area contributed by atoms with Crippen molar-refractivity contribution in [2.75, 3.05) is 7.11 Å². The highest BCUT2D eigenvalue weighted by molar-refractivity contribution is 5.81. The number of methoxy groups -OCH3 is 1. The Hall–Kier alpha value is -4.46. The minimum absolute atomic E-state index is 0.0550. The average molecular weight is 482 g/mol. The normalized spacial score (nSPS) is 11.4. The van der Waals surface area contributed by atoms with Gasteiger partial charge in [-0.25, -0.2) is 4.79 Å². The number of carbonyl (C=O) groups excluding carboxylic acids is 1. The molecule has 0 aliphatic carbocycles. The Morgan fingerprint density at radius 2 is 1.31 bits per heavy atom. The summed E-state index contributed by atoms with van der Waals surface area (Å²) in [4.78, 5) is 11.0. The zero-order valence-electron chi connectivity index (χ0n) is 18.6. The molecule has 0 atom stereocenters. The molecule has 0 aromatic heterocycles. The first-order valence-corrected chi connectivity index (χ1v) is 10.2. The second-order valence-electron chi connectivity index (χ2n) is 6.96. The van der Waals surface area contributed by atoms with E-state index in [1.807, 2.05) is 0 Å². The van der Waals surface area contributed by atoms with Crippen molar-refractivity contribution in [3.05, 3.63) is 110 Å². The molecule has 0 heterocycles. The van der Waals surface area contributed by atoms with Gasteiger partial charge in [0.1, 0.15) is 36.5 Å². The molecule has 5 nitrogen and oxygen atoms in total. The zero-order chi connectivity index (χ0) is 25.3. The number of halogens is 3. The van der Waals surface area contributed by atoms with E-state index in [0.717, 1.165) is 24.7 Å². The Bertz CT molecular complexity index is 1210. The smallest absolute Gasteiger partial charge is 0.417 e. The molecule has 0 saturated heterocycles. The molecule has 180 valence electrons. The summed E-state index contributed by atoms with van der Waals surface area (Å²) in [5.41, 5.74) is 0.673. The lowest BCUT2D eigenvalue weighted by molar-refractivity contribution is -0.137. The van der Waals surface area contributed by atoms with E-state index < -0.39 is 17.7 Å². The molecule has 0 N–H and O–H groups in total. The van der Waals surface area contributed by atoms with Crippen LogP contribution in [-0.4, -0.2) is 13.1 Å². The maximum Gasteiger partial charge on any atom is 0.417 e. The van der Waals surface area contributed by atoms with E-state index in [9.17, 15) is 18.0 Å². The van der Waals surface area contributed by atoms with Crippen LogP contribution in [0.1, 0.15) is 5.56 Å². The first-order chi connectivity index (χ1) is 16.8. The Morgan fingerprint density at radius 3 is 1.86 bits per heavy atom. The van der Waals surface area contributed by atoms with Crippen molar-refractivity contribution in [3.63, 3.8) is 0 Å². The van der Waals surface area contributed by atoms with Crippen LogP contribution < -0.4 is 9.47 Å². The molecule has 0 aliphatic rings. The van der Waals surface area contributed by atoms with Gasteiger partial charge in [0.2, 0.25) is 0 Å². The quantitative estimate of drug-likeness (QED) is 0.185. The minimum Gasteiger partial charge on any atom is -0.501 e. The van der Waals surface area contributed by atoms with Crippen molar-refractivity contribution in [2.45, 2.75) is 6.18 Å². The maximum absolute atomic E-state index is 13.9. The Balaban J connectivity index is 1.82. The van der Waals surface area contributed by atoms with Gasteiger partial charge in [-0.05, 0) is 52.6 Å². The standard InChI is InChI=1S/C27H21F3O5/c1-3-26(31)35-17-16-34-22-9-4-19(5-10-22)21-8-13-24(25(18-21)27(28,29)30)20-6-11-23(12-7-20)33-15-14-32-2/h3-18H,1H2,2H3/b15-14-,17-16-. The van der Waals surface area contributed by atoms with Gasteiger partial charge in [0.15, 0.2) is 0 Å². The maximum atomic E-state index is 13.9. The summed E-state index contributed by atoms with van der Waals surface area (Å²) in [6.07, 6.45) is 1.34. The van der Waals surface area contributed by atoms with Gasteiger partial charge < -0.3 is 18.9 Å². The molecule has 0 saturated carbocycles. The third kappa shape index (κ3) is 7.01. The van der Waals surface area contributed by atoms with Crippen molar-refractivity contribution in [1.29, 1.82) is 0 Å². The lowest BCUT2D eigenvalue weighted by Crippen LogP contribution is -2.07. The number of ether oxygens (including phenoxy) is 4. The summed E-state index contributed by atoms with van der Waals surface area (Å²) >= 11 is 0. The van der Waals surface area contributed by atoms with E-state index in [-0.39, 0.29) is 5.56 Å². The summed E-state index contributed by atoms with van der Waals surface area (Å²) in [5, 5.41) is 0. The van der Waals surface area contributed by atoms with Crippen LogP contribution in [0.3, 0.4) is 0 Å². The lowest BCUT2D eigenvalue weighted by Gasteiger charge is -2.15. The van der Waals surface area contributed by atoms with Crippen LogP contribution in [0.15, 0.2) is 104 Å². The lowest BCUT2D eigenvalue weighted by atomic mass is 9.94. The predicted molar refractivity (Wildman–Crippen MR) is 125 cm³/mol. The molecule has 0 fully saturated rings. The van der Waals surface area contributed by atoms with Gasteiger partial charge >= 0.3 is 12.1 Å². The molecule has 0 unspecified atom stereocenters. The molecule has 0 radical (unpaired) electrons. The van der Waals surface area contributed by atoms with Crippen LogP contribution in [0.4, 0.5) is 13.2 Å². The first-order valence-electron chi connectivity index (χ1n) is 10.2. The van der Waals surface area contributed by atoms with E-state index >= 15 is 0 Å². The summed E-state index contributed by atoms with van der Waals surface area (Å²) in [7, 11) is 1.47. The molecule has 0 spiro atoms. The van der Waals surface area contributed by atoms with Crippen molar-refractivity contribution >= 4 is 5.97 Å². The molecule has 3 aromatic rings. The zero-order valence-corrected chi connectivity index (χ0v) is 18.6. The third-order valence-electron chi connectivity index (χ3n) is 4.68. The van der Waals surface area contributed by atoms with Gasteiger partial charge in [0.25, 0.3) is 0 Å². The van der Waals surface area contributed by atoms with E-state index in [4.69, 9.17) is 14.2 Å². The monoisotopic (exact) mass is 482 g/mol. The molecule has 0 aliphatic heterocycles. The van der Waals surface area contributed by atoms with E-state index in [1.165, 1.54) is 25.7 Å². The first kappa shape index (κ1) is 25.2. The topological polar surface area (TPSA) is 54.0 Å². The predicted octanol–water partition coefficient (Wildman–Crippen LogP) is 7.12. The van der Waals surface area contributed by atoms with Gasteiger partial charge in [-0.15, -0.1) is 0 Å². The SMILES string of the molecule is C=CC(=O)O/C=C\Oc1ccc(-c2ccc(-c3ccc(O/C=C\OC)cc3)c(C(F)(F)F)c2)cc1. The second kappa shape index (κ2) is 11.6. The highest BCUT2D eigenvalue weighted by Gasteiger charge is 2.34. The molecule has 3 rings (SSSR count). The van der Waals surface area contributed by atoms with Crippen LogP contribution in [-0.2, 0) is 20.4 Å². The van der Waals surface area contributed by atoms with E-state index in [0.29, 0.717) is 28.2 Å².